The van der Waals surface area contributed by atoms with Crippen LogP contribution < -0.4 is 0 Å². The van der Waals surface area contributed by atoms with Crippen molar-refractivity contribution < 1.29 is 90.5 Å². The molecule has 10 atom stereocenters. The first-order valence-electron chi connectivity index (χ1n) is 18.6. The molecule has 0 amide bonds. The molecule has 0 saturated carbocycles. The van der Waals surface area contributed by atoms with Gasteiger partial charge in [-0.05, 0) is 0 Å². The molecule has 55 heavy (non-hydrogen) atoms. The lowest BCUT2D eigenvalue weighted by Crippen LogP contribution is -2.67. The molecule has 0 spiro atoms. The molecule has 0 aliphatic carbocycles. The quantitative estimate of drug-likeness (QED) is 0.127. The minimum absolute atomic E-state index is 0.0409. The Morgan fingerprint density at radius 3 is 1.04 bits per heavy atom. The summed E-state index contributed by atoms with van der Waals surface area (Å²) in [5.74, 6) is -6.18. The summed E-state index contributed by atoms with van der Waals surface area (Å²) in [4.78, 5) is 101. The fourth-order valence-electron chi connectivity index (χ4n) is 5.15. The van der Waals surface area contributed by atoms with Crippen LogP contribution in [0.15, 0.2) is 0 Å². The number of carbonyl (C=O) groups is 8. The maximum absolute atomic E-state index is 13.0. The molecule has 2 rings (SSSR count). The van der Waals surface area contributed by atoms with Gasteiger partial charge in [0.1, 0.15) is 31.5 Å². The van der Waals surface area contributed by atoms with E-state index in [0.717, 1.165) is 0 Å². The van der Waals surface area contributed by atoms with Crippen LogP contribution in [0.2, 0.25) is 0 Å². The summed E-state index contributed by atoms with van der Waals surface area (Å²) >= 11 is 0. The van der Waals surface area contributed by atoms with Crippen LogP contribution in [0, 0.1) is 0 Å². The fraction of sp³-hybridized carbons (Fsp3) is 0.778. The number of esters is 8. The predicted octanol–water partition coefficient (Wildman–Crippen LogP) is 2.29. The van der Waals surface area contributed by atoms with Gasteiger partial charge in [-0.1, -0.05) is 55.4 Å². The Morgan fingerprint density at radius 2 is 0.636 bits per heavy atom. The van der Waals surface area contributed by atoms with Gasteiger partial charge in [0.05, 0.1) is 0 Å². The fourth-order valence-corrected chi connectivity index (χ4v) is 5.15. The Bertz CT molecular complexity index is 1330. The molecule has 19 heteroatoms. The van der Waals surface area contributed by atoms with Gasteiger partial charge in [-0.2, -0.15) is 0 Å². The molecule has 2 fully saturated rings. The molecule has 2 aliphatic rings. The van der Waals surface area contributed by atoms with E-state index in [1.807, 2.05) is 0 Å². The van der Waals surface area contributed by atoms with Gasteiger partial charge in [0, 0.05) is 51.4 Å². The van der Waals surface area contributed by atoms with E-state index >= 15 is 0 Å². The van der Waals surface area contributed by atoms with Crippen LogP contribution in [0.3, 0.4) is 0 Å². The van der Waals surface area contributed by atoms with Crippen molar-refractivity contribution in [3.8, 4) is 0 Å². The zero-order valence-electron chi connectivity index (χ0n) is 32.6. The Kier molecular flexibility index (Phi) is 20.0. The van der Waals surface area contributed by atoms with Crippen LogP contribution in [0.1, 0.15) is 107 Å². The summed E-state index contributed by atoms with van der Waals surface area (Å²) in [5.41, 5.74) is 0. The lowest BCUT2D eigenvalue weighted by molar-refractivity contribution is -0.358. The van der Waals surface area contributed by atoms with Crippen LogP contribution >= 0.6 is 0 Å². The van der Waals surface area contributed by atoms with Crippen LogP contribution in [0.4, 0.5) is 0 Å². The van der Waals surface area contributed by atoms with E-state index < -0.39 is 122 Å². The Balaban J connectivity index is 2.87. The first-order valence-corrected chi connectivity index (χ1v) is 18.6. The van der Waals surface area contributed by atoms with Crippen molar-refractivity contribution in [3.05, 3.63) is 0 Å². The molecule has 0 aromatic rings. The van der Waals surface area contributed by atoms with E-state index in [-0.39, 0.29) is 51.4 Å². The molecule has 2 aliphatic heterocycles. The van der Waals surface area contributed by atoms with Crippen LogP contribution in [0.5, 0.6) is 0 Å². The third-order valence-corrected chi connectivity index (χ3v) is 8.19. The second-order valence-electron chi connectivity index (χ2n) is 12.1. The highest BCUT2D eigenvalue weighted by Gasteiger charge is 2.58. The molecular weight excluding hydrogens is 736 g/mol. The van der Waals surface area contributed by atoms with Gasteiger partial charge in [-0.15, -0.1) is 0 Å². The van der Waals surface area contributed by atoms with Gasteiger partial charge in [0.25, 0.3) is 0 Å². The molecule has 0 aromatic carbocycles. The molecular formula is C36H54O19. The van der Waals surface area contributed by atoms with Crippen LogP contribution in [-0.2, 0) is 90.5 Å². The highest BCUT2D eigenvalue weighted by atomic mass is 16.8. The first-order chi connectivity index (χ1) is 26.2. The number of carbonyl (C=O) groups excluding carboxylic acids is 8. The predicted molar refractivity (Wildman–Crippen MR) is 182 cm³/mol. The largest absolute Gasteiger partial charge is 0.463 e. The SMILES string of the molecule is CCC(=O)OCC1OC(OC2C(COC(=O)CC)OC(OC(=O)CC)C(OC(=O)CC)C2OC(=O)CC)C(OC(=O)CC)C(OC(=O)CC)C1OC(=O)CC. The molecule has 0 aromatic heterocycles. The van der Waals surface area contributed by atoms with Crippen molar-refractivity contribution in [2.45, 2.75) is 168 Å². The Morgan fingerprint density at radius 1 is 0.345 bits per heavy atom. The second-order valence-corrected chi connectivity index (χ2v) is 12.1. The number of hydrogen-bond donors (Lipinski definition) is 0. The maximum atomic E-state index is 13.0. The van der Waals surface area contributed by atoms with Gasteiger partial charge >= 0.3 is 47.8 Å². The standard InChI is InChI=1S/C36H54O19/c1-9-21(37)45-17-19-29(49-23(39)11-3)31(50-24(40)12-4)34(53-27(43)15-7)36(48-19)55-30-20(18-46-22(38)10-2)47-35(54-28(44)16-8)33(52-26(42)14-6)32(30)51-25(41)13-5/h19-20,29-36H,9-18H2,1-8H3. The normalized spacial score (nSPS) is 27.4. The summed E-state index contributed by atoms with van der Waals surface area (Å²) in [6.07, 6.45) is -17.3. The molecule has 2 heterocycles. The van der Waals surface area contributed by atoms with Crippen molar-refractivity contribution in [2.75, 3.05) is 13.2 Å². The summed E-state index contributed by atoms with van der Waals surface area (Å²) in [5, 5.41) is 0. The topological polar surface area (TPSA) is 238 Å². The third kappa shape index (κ3) is 14.0. The zero-order chi connectivity index (χ0) is 41.2. The van der Waals surface area contributed by atoms with Gasteiger partial charge in [0.2, 0.25) is 12.4 Å². The molecule has 2 saturated heterocycles. The average molecular weight is 791 g/mol. The van der Waals surface area contributed by atoms with Crippen molar-refractivity contribution in [1.82, 2.24) is 0 Å². The molecule has 0 N–H and O–H groups in total. The van der Waals surface area contributed by atoms with E-state index in [4.69, 9.17) is 52.1 Å². The molecule has 312 valence electrons. The van der Waals surface area contributed by atoms with E-state index in [0.29, 0.717) is 0 Å². The molecule has 0 bridgehead atoms. The number of rotatable bonds is 20. The number of hydrogen-bond acceptors (Lipinski definition) is 19. The van der Waals surface area contributed by atoms with E-state index in [9.17, 15) is 38.4 Å². The minimum atomic E-state index is -1.83. The summed E-state index contributed by atoms with van der Waals surface area (Å²) in [7, 11) is 0. The Labute approximate surface area is 319 Å². The minimum Gasteiger partial charge on any atom is -0.463 e. The highest BCUT2D eigenvalue weighted by molar-refractivity contribution is 5.73. The second kappa shape index (κ2) is 23.5. The maximum Gasteiger partial charge on any atom is 0.307 e. The lowest BCUT2D eigenvalue weighted by Gasteiger charge is -2.48. The molecule has 10 unspecified atom stereocenters. The Hall–Kier alpha value is -4.36. The average Bonchev–Trinajstić information content (AvgIpc) is 3.19. The summed E-state index contributed by atoms with van der Waals surface area (Å²) in [6.45, 7) is 10.8. The highest BCUT2D eigenvalue weighted by Crippen LogP contribution is 2.36. The zero-order valence-corrected chi connectivity index (χ0v) is 32.6. The third-order valence-electron chi connectivity index (χ3n) is 8.19. The van der Waals surface area contributed by atoms with Crippen LogP contribution in [0.25, 0.3) is 0 Å². The molecule has 19 nitrogen and oxygen atoms in total. The lowest BCUT2D eigenvalue weighted by atomic mass is 9.95. The van der Waals surface area contributed by atoms with Gasteiger partial charge < -0.3 is 52.1 Å². The summed E-state index contributed by atoms with van der Waals surface area (Å²) < 4.78 is 63.4. The van der Waals surface area contributed by atoms with Gasteiger partial charge in [0.15, 0.2) is 30.7 Å². The monoisotopic (exact) mass is 790 g/mol. The first kappa shape index (κ1) is 46.8. The van der Waals surface area contributed by atoms with E-state index in [2.05, 4.69) is 0 Å². The molecule has 0 radical (unpaired) electrons. The smallest absolute Gasteiger partial charge is 0.307 e. The van der Waals surface area contributed by atoms with Crippen molar-refractivity contribution in [2.24, 2.45) is 0 Å². The van der Waals surface area contributed by atoms with E-state index in [1.54, 1.807) is 0 Å². The van der Waals surface area contributed by atoms with Crippen molar-refractivity contribution in [3.63, 3.8) is 0 Å². The number of ether oxygens (including phenoxy) is 11. The van der Waals surface area contributed by atoms with Crippen molar-refractivity contribution in [1.29, 1.82) is 0 Å². The van der Waals surface area contributed by atoms with Gasteiger partial charge in [-0.25, -0.2) is 0 Å². The van der Waals surface area contributed by atoms with Crippen molar-refractivity contribution >= 4 is 47.8 Å². The van der Waals surface area contributed by atoms with Gasteiger partial charge in [-0.3, -0.25) is 38.4 Å². The summed E-state index contributed by atoms with van der Waals surface area (Å²) in [6, 6.07) is 0. The van der Waals surface area contributed by atoms with E-state index in [1.165, 1.54) is 55.4 Å². The van der Waals surface area contributed by atoms with Crippen LogP contribution in [-0.4, -0.2) is 122 Å².